The highest BCUT2D eigenvalue weighted by Gasteiger charge is 2.48. The lowest BCUT2D eigenvalue weighted by Crippen LogP contribution is -2.44. The second-order valence-corrected chi connectivity index (χ2v) is 11.9. The minimum atomic E-state index is -0.352. The van der Waals surface area contributed by atoms with Gasteiger partial charge in [0.05, 0.1) is 13.7 Å². The number of ether oxygens (including phenoxy) is 2. The molecular weight excluding hydrogens is 438 g/mol. The molecule has 0 atom stereocenters. The van der Waals surface area contributed by atoms with Crippen LogP contribution < -0.4 is 9.47 Å². The van der Waals surface area contributed by atoms with Crippen molar-refractivity contribution in [3.63, 3.8) is 0 Å². The van der Waals surface area contributed by atoms with Crippen molar-refractivity contribution in [1.29, 1.82) is 0 Å². The first kappa shape index (κ1) is 25.5. The van der Waals surface area contributed by atoms with Gasteiger partial charge in [0.1, 0.15) is 0 Å². The van der Waals surface area contributed by atoms with E-state index in [1.165, 1.54) is 0 Å². The Bertz CT molecular complexity index is 1040. The van der Waals surface area contributed by atoms with Gasteiger partial charge in [-0.3, -0.25) is 9.59 Å². The van der Waals surface area contributed by atoms with E-state index >= 15 is 0 Å². The number of carbonyl (C=O) groups excluding carboxylic acids is 2. The molecule has 0 bridgehead atoms. The summed E-state index contributed by atoms with van der Waals surface area (Å²) in [6, 6.07) is 5.92. The molecule has 0 radical (unpaired) electrons. The summed E-state index contributed by atoms with van der Waals surface area (Å²) in [5.74, 6) is 1.31. The van der Waals surface area contributed by atoms with Crippen LogP contribution in [0.3, 0.4) is 0 Å². The summed E-state index contributed by atoms with van der Waals surface area (Å²) in [4.78, 5) is 29.9. The number of Topliss-reactive ketones (excluding diaryl/α,β-unsaturated/α-hetero) is 2. The molecule has 5 heteroatoms. The fourth-order valence-corrected chi connectivity index (χ4v) is 6.07. The Morgan fingerprint density at radius 3 is 1.91 bits per heavy atom. The van der Waals surface area contributed by atoms with Crippen LogP contribution in [0.2, 0.25) is 0 Å². The predicted molar refractivity (Wildman–Crippen MR) is 139 cm³/mol. The van der Waals surface area contributed by atoms with E-state index in [0.717, 1.165) is 60.3 Å². The Morgan fingerprint density at radius 2 is 1.43 bits per heavy atom. The van der Waals surface area contributed by atoms with Gasteiger partial charge in [0.25, 0.3) is 0 Å². The Kier molecular flexibility index (Phi) is 6.91. The number of methoxy groups -OCH3 is 1. The number of hydrogen-bond acceptors (Lipinski definition) is 5. The molecule has 0 N–H and O–H groups in total. The van der Waals surface area contributed by atoms with Crippen LogP contribution in [-0.2, 0) is 9.59 Å². The molecule has 4 rings (SSSR count). The lowest BCUT2D eigenvalue weighted by Gasteiger charge is -2.49. The van der Waals surface area contributed by atoms with Crippen molar-refractivity contribution in [2.24, 2.45) is 10.8 Å². The monoisotopic (exact) mass is 479 g/mol. The standard InChI is InChI=1S/C30H41NO4/c1-8-12-31-20-15-29(3,4)17-22(32)27(20)26(28-21(31)16-30(5,6)18-23(28)33)19-10-11-24(35-13-9-2)25(14-19)34-7/h10-11,14,26H,8-9,12-13,15-18H2,1-7H3. The molecule has 2 aliphatic carbocycles. The van der Waals surface area contributed by atoms with Crippen molar-refractivity contribution in [1.82, 2.24) is 4.90 Å². The summed E-state index contributed by atoms with van der Waals surface area (Å²) in [7, 11) is 1.64. The quantitative estimate of drug-likeness (QED) is 0.442. The minimum Gasteiger partial charge on any atom is -0.493 e. The van der Waals surface area contributed by atoms with Gasteiger partial charge in [-0.15, -0.1) is 0 Å². The maximum Gasteiger partial charge on any atom is 0.162 e. The summed E-state index contributed by atoms with van der Waals surface area (Å²) < 4.78 is 11.6. The fourth-order valence-electron chi connectivity index (χ4n) is 6.07. The zero-order valence-electron chi connectivity index (χ0n) is 22.5. The fraction of sp³-hybridized carbons (Fsp3) is 0.600. The molecule has 35 heavy (non-hydrogen) atoms. The van der Waals surface area contributed by atoms with Gasteiger partial charge in [0.2, 0.25) is 0 Å². The largest absolute Gasteiger partial charge is 0.493 e. The zero-order chi connectivity index (χ0) is 25.5. The lowest BCUT2D eigenvalue weighted by atomic mass is 9.63. The number of hydrogen-bond donors (Lipinski definition) is 0. The Balaban J connectivity index is 1.94. The van der Waals surface area contributed by atoms with Gasteiger partial charge in [-0.25, -0.2) is 0 Å². The van der Waals surface area contributed by atoms with Gasteiger partial charge >= 0.3 is 0 Å². The highest BCUT2D eigenvalue weighted by molar-refractivity contribution is 6.06. The van der Waals surface area contributed by atoms with Crippen LogP contribution in [0.5, 0.6) is 11.5 Å². The van der Waals surface area contributed by atoms with E-state index in [0.29, 0.717) is 30.9 Å². The number of ketones is 2. The normalized spacial score (nSPS) is 21.7. The van der Waals surface area contributed by atoms with Crippen LogP contribution in [-0.4, -0.2) is 36.7 Å². The molecule has 1 aromatic rings. The molecule has 3 aliphatic rings. The number of rotatable bonds is 7. The molecule has 0 saturated carbocycles. The maximum absolute atomic E-state index is 13.8. The number of nitrogens with zero attached hydrogens (tertiary/aromatic N) is 1. The molecule has 0 fully saturated rings. The lowest BCUT2D eigenvalue weighted by molar-refractivity contribution is -0.119. The molecule has 0 saturated heterocycles. The first-order valence-corrected chi connectivity index (χ1v) is 13.1. The van der Waals surface area contributed by atoms with Crippen LogP contribution in [0, 0.1) is 10.8 Å². The predicted octanol–water partition coefficient (Wildman–Crippen LogP) is 6.58. The van der Waals surface area contributed by atoms with E-state index in [1.54, 1.807) is 7.11 Å². The van der Waals surface area contributed by atoms with Gasteiger partial charge < -0.3 is 14.4 Å². The summed E-state index contributed by atoms with van der Waals surface area (Å²) in [6.45, 7) is 14.4. The molecule has 0 amide bonds. The molecule has 1 heterocycles. The van der Waals surface area contributed by atoms with E-state index in [1.807, 2.05) is 18.2 Å². The smallest absolute Gasteiger partial charge is 0.162 e. The number of allylic oxidation sites excluding steroid dienone is 4. The molecule has 190 valence electrons. The third kappa shape index (κ3) is 4.79. The second kappa shape index (κ2) is 9.48. The van der Waals surface area contributed by atoms with E-state index in [9.17, 15) is 9.59 Å². The Hall–Kier alpha value is -2.56. The van der Waals surface area contributed by atoms with Crippen molar-refractivity contribution in [2.75, 3.05) is 20.3 Å². The molecular formula is C30H41NO4. The first-order valence-electron chi connectivity index (χ1n) is 13.1. The van der Waals surface area contributed by atoms with Gasteiger partial charge in [0.15, 0.2) is 23.1 Å². The van der Waals surface area contributed by atoms with E-state index < -0.39 is 0 Å². The second-order valence-electron chi connectivity index (χ2n) is 11.9. The first-order chi connectivity index (χ1) is 16.5. The topological polar surface area (TPSA) is 55.8 Å². The Labute approximate surface area is 210 Å². The summed E-state index contributed by atoms with van der Waals surface area (Å²) in [6.07, 6.45) is 4.54. The summed E-state index contributed by atoms with van der Waals surface area (Å²) in [5, 5.41) is 0. The zero-order valence-corrected chi connectivity index (χ0v) is 22.5. The van der Waals surface area contributed by atoms with Gasteiger partial charge in [-0.05, 0) is 54.2 Å². The molecule has 0 unspecified atom stereocenters. The van der Waals surface area contributed by atoms with E-state index in [-0.39, 0.29) is 28.3 Å². The van der Waals surface area contributed by atoms with Crippen molar-refractivity contribution in [2.45, 2.75) is 86.0 Å². The maximum atomic E-state index is 13.8. The molecule has 0 spiro atoms. The van der Waals surface area contributed by atoms with Gasteiger partial charge in [-0.2, -0.15) is 0 Å². The molecule has 1 aliphatic heterocycles. The third-order valence-corrected chi connectivity index (χ3v) is 7.45. The molecule has 1 aromatic carbocycles. The number of benzene rings is 1. The summed E-state index contributed by atoms with van der Waals surface area (Å²) >= 11 is 0. The third-order valence-electron chi connectivity index (χ3n) is 7.45. The number of carbonyl (C=O) groups is 2. The highest BCUT2D eigenvalue weighted by atomic mass is 16.5. The average Bonchev–Trinajstić information content (AvgIpc) is 2.77. The molecule has 0 aromatic heterocycles. The van der Waals surface area contributed by atoms with E-state index in [4.69, 9.17) is 9.47 Å². The van der Waals surface area contributed by atoms with Crippen molar-refractivity contribution < 1.29 is 19.1 Å². The average molecular weight is 480 g/mol. The highest BCUT2D eigenvalue weighted by Crippen LogP contribution is 2.54. The van der Waals surface area contributed by atoms with Crippen LogP contribution in [0.15, 0.2) is 40.7 Å². The minimum absolute atomic E-state index is 0.103. The van der Waals surface area contributed by atoms with Gasteiger partial charge in [0, 0.05) is 47.8 Å². The van der Waals surface area contributed by atoms with Crippen molar-refractivity contribution in [3.05, 3.63) is 46.3 Å². The van der Waals surface area contributed by atoms with E-state index in [2.05, 4.69) is 46.4 Å². The van der Waals surface area contributed by atoms with Crippen LogP contribution in [0.25, 0.3) is 0 Å². The van der Waals surface area contributed by atoms with Gasteiger partial charge in [-0.1, -0.05) is 47.6 Å². The van der Waals surface area contributed by atoms with Crippen LogP contribution in [0.1, 0.15) is 91.5 Å². The summed E-state index contributed by atoms with van der Waals surface area (Å²) in [5.41, 5.74) is 4.59. The van der Waals surface area contributed by atoms with Crippen LogP contribution >= 0.6 is 0 Å². The van der Waals surface area contributed by atoms with Crippen molar-refractivity contribution in [3.8, 4) is 11.5 Å². The molecule has 5 nitrogen and oxygen atoms in total. The van der Waals surface area contributed by atoms with Crippen molar-refractivity contribution >= 4 is 11.6 Å². The Morgan fingerprint density at radius 1 is 0.857 bits per heavy atom. The van der Waals surface area contributed by atoms with Crippen LogP contribution in [0.4, 0.5) is 0 Å². The SMILES string of the molecule is CCCOc1ccc(C2C3=C(CC(C)(C)CC3=O)N(CCC)C3=C2C(=O)CC(C)(C)C3)cc1OC.